The molecule has 1 heterocycles. The summed E-state index contributed by atoms with van der Waals surface area (Å²) in [6.07, 6.45) is 1.92. The maximum absolute atomic E-state index is 12.4. The summed E-state index contributed by atoms with van der Waals surface area (Å²) in [6, 6.07) is 4.95. The van der Waals surface area contributed by atoms with Gasteiger partial charge in [-0.05, 0) is 43.4 Å². The minimum absolute atomic E-state index is 0.00897. The lowest BCUT2D eigenvalue weighted by molar-refractivity contribution is -0.136. The van der Waals surface area contributed by atoms with Crippen LogP contribution in [-0.4, -0.2) is 43.4 Å². The summed E-state index contributed by atoms with van der Waals surface area (Å²) in [5, 5.41) is 0. The van der Waals surface area contributed by atoms with Crippen LogP contribution in [0.2, 0.25) is 0 Å². The molecule has 126 valence electrons. The van der Waals surface area contributed by atoms with Crippen molar-refractivity contribution in [1.29, 1.82) is 0 Å². The fraction of sp³-hybridized carbons (Fsp3) is 0.556. The largest absolute Gasteiger partial charge is 0.490 e. The summed E-state index contributed by atoms with van der Waals surface area (Å²) in [6.45, 7) is 8.22. The molecule has 0 radical (unpaired) electrons. The zero-order valence-corrected chi connectivity index (χ0v) is 14.1. The van der Waals surface area contributed by atoms with E-state index in [2.05, 4.69) is 13.8 Å². The van der Waals surface area contributed by atoms with Crippen LogP contribution in [0.25, 0.3) is 0 Å². The van der Waals surface area contributed by atoms with Crippen LogP contribution in [-0.2, 0) is 4.79 Å². The first kappa shape index (κ1) is 17.3. The summed E-state index contributed by atoms with van der Waals surface area (Å²) < 4.78 is 11.1. The molecule has 23 heavy (non-hydrogen) atoms. The third-order valence-electron chi connectivity index (χ3n) is 3.98. The van der Waals surface area contributed by atoms with Crippen molar-refractivity contribution in [2.75, 3.05) is 26.3 Å². The van der Waals surface area contributed by atoms with Gasteiger partial charge >= 0.3 is 0 Å². The number of nitrogens with zero attached hydrogens (tertiary/aromatic N) is 1. The first-order chi connectivity index (χ1) is 11.0. The van der Waals surface area contributed by atoms with Crippen LogP contribution in [0.4, 0.5) is 0 Å². The van der Waals surface area contributed by atoms with Crippen LogP contribution in [0.5, 0.6) is 11.5 Å². The summed E-state index contributed by atoms with van der Waals surface area (Å²) in [5.74, 6) is 2.02. The first-order valence-corrected chi connectivity index (χ1v) is 8.16. The molecule has 1 saturated heterocycles. The van der Waals surface area contributed by atoms with E-state index in [1.54, 1.807) is 18.2 Å². The van der Waals surface area contributed by atoms with Crippen molar-refractivity contribution in [2.24, 2.45) is 11.8 Å². The highest BCUT2D eigenvalue weighted by Gasteiger charge is 2.25. The molecule has 0 saturated carbocycles. The number of aldehydes is 1. The Kier molecular flexibility index (Phi) is 6.02. The molecule has 2 rings (SSSR count). The number of likely N-dealkylation sites (tertiary alicyclic amines) is 1. The Morgan fingerprint density at radius 1 is 1.22 bits per heavy atom. The lowest BCUT2D eigenvalue weighted by atomic mass is 9.92. The van der Waals surface area contributed by atoms with E-state index < -0.39 is 0 Å². The van der Waals surface area contributed by atoms with Gasteiger partial charge in [-0.1, -0.05) is 13.8 Å². The molecule has 1 aliphatic rings. The van der Waals surface area contributed by atoms with Gasteiger partial charge in [0.2, 0.25) is 0 Å². The van der Waals surface area contributed by atoms with E-state index in [1.807, 2.05) is 11.8 Å². The zero-order chi connectivity index (χ0) is 16.8. The van der Waals surface area contributed by atoms with E-state index in [1.165, 1.54) is 0 Å². The van der Waals surface area contributed by atoms with Crippen LogP contribution in [0.15, 0.2) is 18.2 Å². The predicted molar refractivity (Wildman–Crippen MR) is 88.0 cm³/mol. The Labute approximate surface area is 137 Å². The van der Waals surface area contributed by atoms with Gasteiger partial charge in [0, 0.05) is 18.7 Å². The Hall–Kier alpha value is -2.04. The molecule has 1 aromatic carbocycles. The smallest absolute Gasteiger partial charge is 0.260 e. The third-order valence-corrected chi connectivity index (χ3v) is 3.98. The second-order valence-corrected chi connectivity index (χ2v) is 6.29. The van der Waals surface area contributed by atoms with Crippen LogP contribution in [0, 0.1) is 11.8 Å². The highest BCUT2D eigenvalue weighted by Crippen LogP contribution is 2.28. The maximum atomic E-state index is 12.4. The van der Waals surface area contributed by atoms with Crippen molar-refractivity contribution in [3.05, 3.63) is 23.8 Å². The van der Waals surface area contributed by atoms with Gasteiger partial charge in [0.1, 0.15) is 6.29 Å². The Morgan fingerprint density at radius 2 is 1.91 bits per heavy atom. The summed E-state index contributed by atoms with van der Waals surface area (Å²) in [5.41, 5.74) is 0.519. The van der Waals surface area contributed by atoms with Crippen molar-refractivity contribution in [3.63, 3.8) is 0 Å². The van der Waals surface area contributed by atoms with Crippen LogP contribution in [0.3, 0.4) is 0 Å². The molecule has 5 nitrogen and oxygen atoms in total. The molecule has 0 aromatic heterocycles. The van der Waals surface area contributed by atoms with Gasteiger partial charge in [0.25, 0.3) is 5.91 Å². The minimum atomic E-state index is -0.0139. The van der Waals surface area contributed by atoms with Crippen LogP contribution >= 0.6 is 0 Å². The van der Waals surface area contributed by atoms with E-state index in [4.69, 9.17) is 9.47 Å². The van der Waals surface area contributed by atoms with Gasteiger partial charge in [0.05, 0.1) is 6.61 Å². The van der Waals surface area contributed by atoms with Crippen molar-refractivity contribution >= 4 is 12.2 Å². The number of hydrogen-bond acceptors (Lipinski definition) is 4. The van der Waals surface area contributed by atoms with Crippen molar-refractivity contribution in [1.82, 2.24) is 4.90 Å². The lowest BCUT2D eigenvalue weighted by Crippen LogP contribution is -2.44. The van der Waals surface area contributed by atoms with Crippen molar-refractivity contribution in [3.8, 4) is 11.5 Å². The predicted octanol–water partition coefficient (Wildman–Crippen LogP) is 2.78. The standard InChI is InChI=1S/C18H25NO4/c1-4-22-17-8-15(11-20)5-6-16(17)23-12-18(21)19-9-13(2)7-14(3)10-19/h5-6,8,11,13-14H,4,7,9-10,12H2,1-3H3. The first-order valence-electron chi connectivity index (χ1n) is 8.16. The van der Waals surface area contributed by atoms with E-state index in [-0.39, 0.29) is 12.5 Å². The molecule has 0 spiro atoms. The number of benzene rings is 1. The van der Waals surface area contributed by atoms with Gasteiger partial charge < -0.3 is 14.4 Å². The molecule has 5 heteroatoms. The van der Waals surface area contributed by atoms with E-state index in [0.717, 1.165) is 25.8 Å². The fourth-order valence-electron chi connectivity index (χ4n) is 3.08. The number of carbonyl (C=O) groups is 2. The van der Waals surface area contributed by atoms with Gasteiger partial charge in [-0.3, -0.25) is 9.59 Å². The molecule has 2 unspecified atom stereocenters. The second-order valence-electron chi connectivity index (χ2n) is 6.29. The highest BCUT2D eigenvalue weighted by molar-refractivity contribution is 5.78. The number of rotatable bonds is 6. The quantitative estimate of drug-likeness (QED) is 0.757. The monoisotopic (exact) mass is 319 g/mol. The average molecular weight is 319 g/mol. The van der Waals surface area contributed by atoms with Crippen molar-refractivity contribution in [2.45, 2.75) is 27.2 Å². The number of ether oxygens (including phenoxy) is 2. The third kappa shape index (κ3) is 4.71. The number of hydrogen-bond donors (Lipinski definition) is 0. The fourth-order valence-corrected chi connectivity index (χ4v) is 3.08. The summed E-state index contributed by atoms with van der Waals surface area (Å²) >= 11 is 0. The van der Waals surface area contributed by atoms with Crippen molar-refractivity contribution < 1.29 is 19.1 Å². The molecule has 1 fully saturated rings. The second kappa shape index (κ2) is 7.99. The Balaban J connectivity index is 1.99. The molecule has 0 aliphatic carbocycles. The van der Waals surface area contributed by atoms with Gasteiger partial charge in [-0.25, -0.2) is 0 Å². The molecule has 1 amide bonds. The van der Waals surface area contributed by atoms with E-state index in [9.17, 15) is 9.59 Å². The number of amides is 1. The molecule has 0 bridgehead atoms. The topological polar surface area (TPSA) is 55.8 Å². The minimum Gasteiger partial charge on any atom is -0.490 e. The molecular weight excluding hydrogens is 294 g/mol. The summed E-state index contributed by atoms with van der Waals surface area (Å²) in [7, 11) is 0. The normalized spacial score (nSPS) is 20.9. The molecule has 2 atom stereocenters. The SMILES string of the molecule is CCOc1cc(C=O)ccc1OCC(=O)N1CC(C)CC(C)C1. The Morgan fingerprint density at radius 3 is 2.52 bits per heavy atom. The number of carbonyl (C=O) groups excluding carboxylic acids is 2. The maximum Gasteiger partial charge on any atom is 0.260 e. The van der Waals surface area contributed by atoms with Gasteiger partial charge in [-0.15, -0.1) is 0 Å². The highest BCUT2D eigenvalue weighted by atomic mass is 16.5. The zero-order valence-electron chi connectivity index (χ0n) is 14.1. The molecule has 0 N–H and O–H groups in total. The Bertz CT molecular complexity index is 548. The lowest BCUT2D eigenvalue weighted by Gasteiger charge is -2.34. The number of piperidine rings is 1. The van der Waals surface area contributed by atoms with E-state index >= 15 is 0 Å². The van der Waals surface area contributed by atoms with E-state index in [0.29, 0.717) is 35.5 Å². The molecular formula is C18H25NO4. The average Bonchev–Trinajstić information content (AvgIpc) is 2.52. The van der Waals surface area contributed by atoms with Gasteiger partial charge in [-0.2, -0.15) is 0 Å². The summed E-state index contributed by atoms with van der Waals surface area (Å²) in [4.78, 5) is 25.1. The van der Waals surface area contributed by atoms with Gasteiger partial charge in [0.15, 0.2) is 18.1 Å². The molecule has 1 aliphatic heterocycles. The van der Waals surface area contributed by atoms with Crippen LogP contribution in [0.1, 0.15) is 37.6 Å². The molecule has 1 aromatic rings. The van der Waals surface area contributed by atoms with Crippen LogP contribution < -0.4 is 9.47 Å².